The molecule has 8 heteroatoms. The van der Waals surface area contributed by atoms with E-state index in [2.05, 4.69) is 9.84 Å². The van der Waals surface area contributed by atoms with Gasteiger partial charge in [-0.05, 0) is 25.7 Å². The standard InChI is InChI=1S/C12H23N.C3H9O6P/c1-3-7-11(8-4-1)13-12-9-5-2-6-10-12;4-1-3(5)2-9-10(6,7)8/h11-13H,1-10H2;3-5H,1-2H2,(H2,6,7,8). The molecule has 2 aliphatic carbocycles. The van der Waals surface area contributed by atoms with E-state index in [-0.39, 0.29) is 0 Å². The average molecular weight is 353 g/mol. The average Bonchev–Trinajstić information content (AvgIpc) is 2.54. The van der Waals surface area contributed by atoms with E-state index in [1.54, 1.807) is 0 Å². The normalized spacial score (nSPS) is 22.3. The Bertz CT molecular complexity index is 323. The van der Waals surface area contributed by atoms with Crippen LogP contribution in [0.4, 0.5) is 0 Å². The Hall–Kier alpha value is -0.0100. The second kappa shape index (κ2) is 11.5. The van der Waals surface area contributed by atoms with Crippen molar-refractivity contribution < 1.29 is 29.1 Å². The van der Waals surface area contributed by atoms with Crippen molar-refractivity contribution in [3.05, 3.63) is 0 Å². The molecule has 0 saturated heterocycles. The number of aliphatic hydroxyl groups excluding tert-OH is 2. The first kappa shape index (κ1) is 21.0. The van der Waals surface area contributed by atoms with E-state index in [0.29, 0.717) is 0 Å². The Morgan fingerprint density at radius 3 is 1.74 bits per heavy atom. The molecule has 2 rings (SSSR count). The maximum absolute atomic E-state index is 9.93. The fraction of sp³-hybridized carbons (Fsp3) is 1.00. The number of nitrogens with one attached hydrogen (secondary N) is 1. The summed E-state index contributed by atoms with van der Waals surface area (Å²) in [7, 11) is -4.50. The predicted molar refractivity (Wildman–Crippen MR) is 88.0 cm³/mol. The summed E-state index contributed by atoms with van der Waals surface area (Å²) >= 11 is 0. The minimum Gasteiger partial charge on any atom is -0.394 e. The monoisotopic (exact) mass is 353 g/mol. The lowest BCUT2D eigenvalue weighted by Crippen LogP contribution is -2.40. The van der Waals surface area contributed by atoms with Crippen LogP contribution in [0, 0.1) is 0 Å². The largest absolute Gasteiger partial charge is 0.469 e. The predicted octanol–water partition coefficient (Wildman–Crippen LogP) is 1.69. The molecule has 0 aromatic carbocycles. The van der Waals surface area contributed by atoms with Gasteiger partial charge in [0, 0.05) is 12.1 Å². The molecule has 2 fully saturated rings. The van der Waals surface area contributed by atoms with Gasteiger partial charge in [-0.2, -0.15) is 0 Å². The van der Waals surface area contributed by atoms with Crippen LogP contribution in [0.1, 0.15) is 64.2 Å². The van der Waals surface area contributed by atoms with Crippen LogP contribution < -0.4 is 5.32 Å². The molecule has 5 N–H and O–H groups in total. The van der Waals surface area contributed by atoms with E-state index in [1.165, 1.54) is 64.2 Å². The fourth-order valence-electron chi connectivity index (χ4n) is 3.11. The molecule has 2 saturated carbocycles. The van der Waals surface area contributed by atoms with Gasteiger partial charge in [-0.3, -0.25) is 4.52 Å². The van der Waals surface area contributed by atoms with Gasteiger partial charge in [0.1, 0.15) is 6.10 Å². The summed E-state index contributed by atoms with van der Waals surface area (Å²) in [6.07, 6.45) is 13.3. The van der Waals surface area contributed by atoms with Crippen molar-refractivity contribution in [3.8, 4) is 0 Å². The summed E-state index contributed by atoms with van der Waals surface area (Å²) in [5.41, 5.74) is 0. The highest BCUT2D eigenvalue weighted by Gasteiger charge is 2.19. The third kappa shape index (κ3) is 11.2. The van der Waals surface area contributed by atoms with Crippen LogP contribution in [0.15, 0.2) is 0 Å². The molecule has 0 aliphatic heterocycles. The molecule has 0 bridgehead atoms. The van der Waals surface area contributed by atoms with E-state index in [9.17, 15) is 4.57 Å². The minimum absolute atomic E-state index is 0.569. The zero-order valence-corrected chi connectivity index (χ0v) is 14.7. The molecule has 1 unspecified atom stereocenters. The summed E-state index contributed by atoms with van der Waals surface area (Å²) in [6, 6.07) is 1.74. The molecule has 2 aliphatic rings. The summed E-state index contributed by atoms with van der Waals surface area (Å²) in [5.74, 6) is 0. The molecular weight excluding hydrogens is 321 g/mol. The van der Waals surface area contributed by atoms with Crippen molar-refractivity contribution in [2.45, 2.75) is 82.4 Å². The van der Waals surface area contributed by atoms with Crippen molar-refractivity contribution >= 4 is 7.82 Å². The summed E-state index contributed by atoms with van der Waals surface area (Å²) < 4.78 is 13.8. The second-order valence-corrected chi connectivity index (χ2v) is 7.70. The van der Waals surface area contributed by atoms with Crippen LogP contribution >= 0.6 is 7.82 Å². The van der Waals surface area contributed by atoms with Crippen molar-refractivity contribution in [2.24, 2.45) is 0 Å². The van der Waals surface area contributed by atoms with Gasteiger partial charge in [0.2, 0.25) is 0 Å². The number of aliphatic hydroxyl groups is 2. The molecule has 7 nitrogen and oxygen atoms in total. The van der Waals surface area contributed by atoms with Crippen LogP contribution in [0.2, 0.25) is 0 Å². The molecule has 138 valence electrons. The first-order chi connectivity index (χ1) is 10.9. The lowest BCUT2D eigenvalue weighted by molar-refractivity contribution is 0.0419. The molecule has 23 heavy (non-hydrogen) atoms. The van der Waals surface area contributed by atoms with Crippen molar-refractivity contribution in [3.63, 3.8) is 0 Å². The van der Waals surface area contributed by atoms with E-state index >= 15 is 0 Å². The molecule has 1 atom stereocenters. The molecule has 0 heterocycles. The van der Waals surface area contributed by atoms with E-state index < -0.39 is 27.1 Å². The maximum Gasteiger partial charge on any atom is 0.469 e. The number of hydrogen-bond donors (Lipinski definition) is 5. The van der Waals surface area contributed by atoms with Gasteiger partial charge in [-0.1, -0.05) is 38.5 Å². The maximum atomic E-state index is 9.93. The lowest BCUT2D eigenvalue weighted by atomic mass is 9.91. The minimum atomic E-state index is -4.50. The van der Waals surface area contributed by atoms with Crippen LogP contribution in [0.3, 0.4) is 0 Å². The second-order valence-electron chi connectivity index (χ2n) is 6.46. The molecule has 0 spiro atoms. The summed E-state index contributed by atoms with van der Waals surface area (Å²) in [5, 5.41) is 20.5. The molecular formula is C15H32NO6P. The molecule has 0 aromatic rings. The van der Waals surface area contributed by atoms with Crippen molar-refractivity contribution in [1.82, 2.24) is 5.32 Å². The highest BCUT2D eigenvalue weighted by molar-refractivity contribution is 7.46. The van der Waals surface area contributed by atoms with Gasteiger partial charge in [-0.25, -0.2) is 4.57 Å². The first-order valence-electron chi connectivity index (χ1n) is 8.66. The van der Waals surface area contributed by atoms with Crippen LogP contribution in [-0.4, -0.2) is 51.4 Å². The summed E-state index contributed by atoms with van der Waals surface area (Å²) in [6.45, 7) is -1.15. The topological polar surface area (TPSA) is 119 Å². The van der Waals surface area contributed by atoms with Gasteiger partial charge in [0.05, 0.1) is 13.2 Å². The third-order valence-corrected chi connectivity index (χ3v) is 4.81. The first-order valence-corrected chi connectivity index (χ1v) is 10.2. The smallest absolute Gasteiger partial charge is 0.394 e. The Labute approximate surface area is 138 Å². The quantitative estimate of drug-likeness (QED) is 0.461. The Morgan fingerprint density at radius 2 is 1.39 bits per heavy atom. The van der Waals surface area contributed by atoms with E-state index in [4.69, 9.17) is 20.0 Å². The Balaban J connectivity index is 0.000000241. The van der Waals surface area contributed by atoms with Gasteiger partial charge < -0.3 is 25.3 Å². The number of phosphoric acid groups is 1. The van der Waals surface area contributed by atoms with Crippen LogP contribution in [0.5, 0.6) is 0 Å². The fourth-order valence-corrected chi connectivity index (χ4v) is 3.47. The van der Waals surface area contributed by atoms with Gasteiger partial charge in [0.25, 0.3) is 0 Å². The van der Waals surface area contributed by atoms with Gasteiger partial charge in [-0.15, -0.1) is 0 Å². The van der Waals surface area contributed by atoms with Crippen molar-refractivity contribution in [2.75, 3.05) is 13.2 Å². The van der Waals surface area contributed by atoms with Crippen LogP contribution in [-0.2, 0) is 9.09 Å². The number of rotatable bonds is 6. The molecule has 0 aromatic heterocycles. The third-order valence-electron chi connectivity index (χ3n) is 4.33. The zero-order valence-electron chi connectivity index (χ0n) is 13.8. The SMILES string of the molecule is C1CCC(NC2CCCCC2)CC1.O=P(O)(O)OCC(O)CO. The van der Waals surface area contributed by atoms with Gasteiger partial charge >= 0.3 is 7.82 Å². The highest BCUT2D eigenvalue weighted by Crippen LogP contribution is 2.35. The van der Waals surface area contributed by atoms with E-state index in [1.807, 2.05) is 0 Å². The van der Waals surface area contributed by atoms with Gasteiger partial charge in [0.15, 0.2) is 0 Å². The van der Waals surface area contributed by atoms with Crippen LogP contribution in [0.25, 0.3) is 0 Å². The van der Waals surface area contributed by atoms with E-state index in [0.717, 1.165) is 12.1 Å². The highest BCUT2D eigenvalue weighted by atomic mass is 31.2. The number of hydrogen-bond acceptors (Lipinski definition) is 5. The number of phosphoric ester groups is 1. The van der Waals surface area contributed by atoms with Crippen molar-refractivity contribution in [1.29, 1.82) is 0 Å². The molecule has 0 radical (unpaired) electrons. The summed E-state index contributed by atoms with van der Waals surface area (Å²) in [4.78, 5) is 16.1. The lowest BCUT2D eigenvalue weighted by Gasteiger charge is -2.30. The zero-order chi connectivity index (χ0) is 17.1. The Kier molecular flexibility index (Phi) is 10.5. The Morgan fingerprint density at radius 1 is 0.957 bits per heavy atom. The molecule has 0 amide bonds.